The summed E-state index contributed by atoms with van der Waals surface area (Å²) in [5.74, 6) is -1.13. The largest absolute Gasteiger partial charge is 0.469 e. The Labute approximate surface area is 166 Å². The number of benzene rings is 1. The van der Waals surface area contributed by atoms with Gasteiger partial charge in [-0.2, -0.15) is 0 Å². The van der Waals surface area contributed by atoms with Crippen LogP contribution in [0.4, 0.5) is 4.79 Å². The van der Waals surface area contributed by atoms with Crippen molar-refractivity contribution in [2.24, 2.45) is 0 Å². The summed E-state index contributed by atoms with van der Waals surface area (Å²) < 4.78 is 10.4. The molecule has 150 valence electrons. The Morgan fingerprint density at radius 3 is 2.79 bits per heavy atom. The van der Waals surface area contributed by atoms with Crippen molar-refractivity contribution in [3.05, 3.63) is 29.3 Å². The molecule has 0 saturated carbocycles. The molecular formula is C19H23N3O5S. The number of hydrogen-bond donors (Lipinski definition) is 1. The Morgan fingerprint density at radius 2 is 2.07 bits per heavy atom. The molecule has 0 spiro atoms. The van der Waals surface area contributed by atoms with E-state index in [1.807, 2.05) is 24.3 Å². The number of para-hydroxylation sites is 1. The minimum atomic E-state index is -1.08. The Balaban J connectivity index is 1.67. The second-order valence-corrected chi connectivity index (χ2v) is 7.67. The van der Waals surface area contributed by atoms with Crippen molar-refractivity contribution < 1.29 is 23.9 Å². The average molecular weight is 405 g/mol. The summed E-state index contributed by atoms with van der Waals surface area (Å²) in [5.41, 5.74) is 0.966. The molecule has 0 unspecified atom stereocenters. The van der Waals surface area contributed by atoms with Gasteiger partial charge in [-0.05, 0) is 25.0 Å². The van der Waals surface area contributed by atoms with Crippen LogP contribution in [0.5, 0.6) is 0 Å². The van der Waals surface area contributed by atoms with E-state index in [1.54, 1.807) is 16.2 Å². The first-order chi connectivity index (χ1) is 13.5. The summed E-state index contributed by atoms with van der Waals surface area (Å²) >= 11 is 1.65. The second-order valence-electron chi connectivity index (χ2n) is 6.61. The summed E-state index contributed by atoms with van der Waals surface area (Å²) in [6, 6.07) is 6.49. The Morgan fingerprint density at radius 1 is 1.29 bits per heavy atom. The van der Waals surface area contributed by atoms with Gasteiger partial charge >= 0.3 is 18.0 Å². The van der Waals surface area contributed by atoms with Gasteiger partial charge in [0, 0.05) is 19.0 Å². The first-order valence-electron chi connectivity index (χ1n) is 9.07. The molecule has 1 N–H and O–H groups in total. The summed E-state index contributed by atoms with van der Waals surface area (Å²) in [6.45, 7) is 1.09. The summed E-state index contributed by atoms with van der Waals surface area (Å²) in [6.07, 6.45) is 1.52. The highest BCUT2D eigenvalue weighted by Gasteiger charge is 2.31. The smallest absolute Gasteiger partial charge is 0.329 e. The number of rotatable bonds is 5. The number of nitrogens with zero attached hydrogens (tertiary/aromatic N) is 2. The fourth-order valence-electron chi connectivity index (χ4n) is 3.25. The lowest BCUT2D eigenvalue weighted by molar-refractivity contribution is -0.149. The van der Waals surface area contributed by atoms with Gasteiger partial charge in [0.15, 0.2) is 0 Å². The maximum Gasteiger partial charge on any atom is 0.329 e. The molecule has 8 nitrogen and oxygen atoms in total. The molecule has 2 aromatic rings. The number of ether oxygens (including phenoxy) is 2. The van der Waals surface area contributed by atoms with Crippen LogP contribution in [-0.4, -0.2) is 61.2 Å². The van der Waals surface area contributed by atoms with E-state index < -0.39 is 24.0 Å². The highest BCUT2D eigenvalue weighted by atomic mass is 32.1. The van der Waals surface area contributed by atoms with Gasteiger partial charge in [-0.3, -0.25) is 4.79 Å². The molecule has 1 saturated heterocycles. The predicted molar refractivity (Wildman–Crippen MR) is 104 cm³/mol. The third kappa shape index (κ3) is 4.59. The lowest BCUT2D eigenvalue weighted by Crippen LogP contribution is -2.51. The van der Waals surface area contributed by atoms with Crippen molar-refractivity contribution in [3.63, 3.8) is 0 Å². The van der Waals surface area contributed by atoms with E-state index in [9.17, 15) is 14.4 Å². The van der Waals surface area contributed by atoms with Gasteiger partial charge < -0.3 is 19.7 Å². The number of thiazole rings is 1. The summed E-state index contributed by atoms with van der Waals surface area (Å²) in [7, 11) is 2.44. The maximum absolute atomic E-state index is 12.7. The predicted octanol–water partition coefficient (Wildman–Crippen LogP) is 2.29. The first kappa shape index (κ1) is 20.1. The van der Waals surface area contributed by atoms with Gasteiger partial charge in [-0.1, -0.05) is 12.1 Å². The Bertz CT molecular complexity index is 835. The number of esters is 2. The van der Waals surface area contributed by atoms with E-state index in [0.717, 1.165) is 28.1 Å². The van der Waals surface area contributed by atoms with Crippen molar-refractivity contribution in [1.29, 1.82) is 0 Å². The molecule has 2 amide bonds. The van der Waals surface area contributed by atoms with Gasteiger partial charge in [0.25, 0.3) is 0 Å². The fraction of sp³-hybridized carbons (Fsp3) is 0.474. The normalized spacial score (nSPS) is 17.8. The molecule has 9 heteroatoms. The number of nitrogens with one attached hydrogen (secondary N) is 1. The number of fused-ring (bicyclic) bond motifs is 1. The molecule has 0 aliphatic carbocycles. The van der Waals surface area contributed by atoms with Crippen molar-refractivity contribution in [1.82, 2.24) is 15.2 Å². The van der Waals surface area contributed by atoms with Crippen LogP contribution >= 0.6 is 11.3 Å². The average Bonchev–Trinajstić information content (AvgIpc) is 3.17. The van der Waals surface area contributed by atoms with Gasteiger partial charge in [-0.25, -0.2) is 14.6 Å². The van der Waals surface area contributed by atoms with Crippen LogP contribution in [0.1, 0.15) is 30.2 Å². The molecule has 28 heavy (non-hydrogen) atoms. The lowest BCUT2D eigenvalue weighted by Gasteiger charge is -2.32. The number of carbonyl (C=O) groups is 3. The maximum atomic E-state index is 12.7. The Hall–Kier alpha value is -2.68. The van der Waals surface area contributed by atoms with Crippen molar-refractivity contribution in [2.75, 3.05) is 27.3 Å². The van der Waals surface area contributed by atoms with E-state index >= 15 is 0 Å². The molecule has 2 atom stereocenters. The lowest BCUT2D eigenvalue weighted by atomic mass is 9.99. The van der Waals surface area contributed by atoms with Gasteiger partial charge in [0.05, 0.1) is 35.9 Å². The van der Waals surface area contributed by atoms with Crippen LogP contribution in [-0.2, 0) is 19.1 Å². The van der Waals surface area contributed by atoms with Crippen molar-refractivity contribution >= 4 is 39.5 Å². The third-order valence-corrected chi connectivity index (χ3v) is 5.95. The summed E-state index contributed by atoms with van der Waals surface area (Å²) in [4.78, 5) is 42.5. The number of urea groups is 1. The molecule has 1 aliphatic heterocycles. The van der Waals surface area contributed by atoms with E-state index in [1.165, 1.54) is 14.2 Å². The number of amides is 2. The van der Waals surface area contributed by atoms with E-state index in [2.05, 4.69) is 14.8 Å². The van der Waals surface area contributed by atoms with Gasteiger partial charge in [-0.15, -0.1) is 11.3 Å². The van der Waals surface area contributed by atoms with Crippen molar-refractivity contribution in [3.8, 4) is 0 Å². The van der Waals surface area contributed by atoms with Gasteiger partial charge in [0.2, 0.25) is 0 Å². The highest BCUT2D eigenvalue weighted by molar-refractivity contribution is 7.18. The topological polar surface area (TPSA) is 97.8 Å². The second kappa shape index (κ2) is 9.01. The van der Waals surface area contributed by atoms with E-state index in [4.69, 9.17) is 4.98 Å². The first-order valence-corrected chi connectivity index (χ1v) is 9.89. The highest BCUT2D eigenvalue weighted by Crippen LogP contribution is 2.32. The monoisotopic (exact) mass is 405 g/mol. The zero-order chi connectivity index (χ0) is 20.1. The van der Waals surface area contributed by atoms with E-state index in [-0.39, 0.29) is 12.3 Å². The molecule has 1 aromatic heterocycles. The molecule has 1 fully saturated rings. The zero-order valence-corrected chi connectivity index (χ0v) is 16.7. The standard InChI is InChI=1S/C19H23N3O5S/c1-26-16(23)10-14(18(24)27-2)21-19(25)22-9-5-6-12(11-22)17-20-13-7-3-4-8-15(13)28-17/h3-4,7-8,12,14H,5-6,9-11H2,1-2H3,(H,21,25)/t12-,14+/m1/s1. The molecule has 2 heterocycles. The number of hydrogen-bond acceptors (Lipinski definition) is 7. The van der Waals surface area contributed by atoms with E-state index in [0.29, 0.717) is 13.1 Å². The molecule has 3 rings (SSSR count). The number of piperidine rings is 1. The van der Waals surface area contributed by atoms with Crippen molar-refractivity contribution in [2.45, 2.75) is 31.2 Å². The quantitative estimate of drug-likeness (QED) is 0.767. The minimum Gasteiger partial charge on any atom is -0.469 e. The zero-order valence-electron chi connectivity index (χ0n) is 15.8. The molecule has 0 bridgehead atoms. The van der Waals surface area contributed by atoms with Crippen LogP contribution in [0.15, 0.2) is 24.3 Å². The number of aromatic nitrogens is 1. The van der Waals surface area contributed by atoms with Crippen LogP contribution < -0.4 is 5.32 Å². The molecule has 1 aliphatic rings. The van der Waals surface area contributed by atoms with Crippen LogP contribution in [0.25, 0.3) is 10.2 Å². The Kier molecular flexibility index (Phi) is 6.45. The van der Waals surface area contributed by atoms with Gasteiger partial charge in [0.1, 0.15) is 6.04 Å². The number of likely N-dealkylation sites (tertiary alicyclic amines) is 1. The van der Waals surface area contributed by atoms with Crippen LogP contribution in [0.3, 0.4) is 0 Å². The third-order valence-electron chi connectivity index (χ3n) is 4.75. The molecular weight excluding hydrogens is 382 g/mol. The van der Waals surface area contributed by atoms with Crippen LogP contribution in [0, 0.1) is 0 Å². The molecule has 0 radical (unpaired) electrons. The molecule has 1 aromatic carbocycles. The summed E-state index contributed by atoms with van der Waals surface area (Å²) in [5, 5.41) is 3.61. The number of carbonyl (C=O) groups excluding carboxylic acids is 3. The SMILES string of the molecule is COC(=O)C[C@H](NC(=O)N1CCC[C@@H](c2nc3ccccc3s2)C1)C(=O)OC. The van der Waals surface area contributed by atoms with Crippen LogP contribution in [0.2, 0.25) is 0 Å². The fourth-order valence-corrected chi connectivity index (χ4v) is 4.35. The minimum absolute atomic E-state index is 0.147. The number of methoxy groups -OCH3 is 2.